The maximum atomic E-state index is 12.1. The Morgan fingerprint density at radius 2 is 1.96 bits per heavy atom. The van der Waals surface area contributed by atoms with E-state index in [2.05, 4.69) is 20.4 Å². The Labute approximate surface area is 148 Å². The highest BCUT2D eigenvalue weighted by atomic mass is 16.2. The largest absolute Gasteiger partial charge is 0.325 e. The van der Waals surface area contributed by atoms with Crippen molar-refractivity contribution in [3.05, 3.63) is 80.4 Å². The van der Waals surface area contributed by atoms with E-state index in [-0.39, 0.29) is 18.7 Å². The number of benzene rings is 1. The molecule has 0 bridgehead atoms. The number of rotatable bonds is 6. The zero-order valence-corrected chi connectivity index (χ0v) is 14.3. The molecule has 0 unspecified atom stereocenters. The van der Waals surface area contributed by atoms with Crippen LogP contribution in [0.5, 0.6) is 0 Å². The molecule has 2 aromatic heterocycles. The lowest BCUT2D eigenvalue weighted by Gasteiger charge is -2.05. The summed E-state index contributed by atoms with van der Waals surface area (Å²) in [5, 5.41) is 6.99. The van der Waals surface area contributed by atoms with Gasteiger partial charge in [0.15, 0.2) is 0 Å². The number of H-pyrrole nitrogens is 2. The van der Waals surface area contributed by atoms with E-state index in [1.165, 1.54) is 0 Å². The van der Waals surface area contributed by atoms with Gasteiger partial charge in [0.05, 0.1) is 18.4 Å². The first-order chi connectivity index (χ1) is 12.5. The molecule has 0 aliphatic rings. The summed E-state index contributed by atoms with van der Waals surface area (Å²) < 4.78 is 1.74. The fourth-order valence-corrected chi connectivity index (χ4v) is 2.67. The number of aromatic nitrogens is 4. The highest BCUT2D eigenvalue weighted by molar-refractivity contribution is 5.90. The topological polar surface area (TPSA) is 113 Å². The highest BCUT2D eigenvalue weighted by Crippen LogP contribution is 2.09. The molecular weight excluding hydrogens is 334 g/mol. The molecule has 8 heteroatoms. The van der Waals surface area contributed by atoms with Crippen LogP contribution in [-0.2, 0) is 17.8 Å². The van der Waals surface area contributed by atoms with Gasteiger partial charge >= 0.3 is 5.69 Å². The molecular formula is C18H19N5O3. The fraction of sp³-hybridized carbons (Fsp3) is 0.222. The molecule has 3 rings (SSSR count). The Morgan fingerprint density at radius 1 is 1.19 bits per heavy atom. The summed E-state index contributed by atoms with van der Waals surface area (Å²) in [7, 11) is 0. The Hall–Kier alpha value is -3.42. The molecule has 1 aromatic carbocycles. The molecule has 0 fully saturated rings. The molecule has 0 saturated heterocycles. The van der Waals surface area contributed by atoms with E-state index >= 15 is 0 Å². The van der Waals surface area contributed by atoms with Crippen molar-refractivity contribution in [2.24, 2.45) is 0 Å². The summed E-state index contributed by atoms with van der Waals surface area (Å²) in [5.74, 6) is -0.228. The Morgan fingerprint density at radius 3 is 2.69 bits per heavy atom. The molecule has 2 heterocycles. The van der Waals surface area contributed by atoms with Crippen molar-refractivity contribution >= 4 is 11.6 Å². The van der Waals surface area contributed by atoms with Gasteiger partial charge in [-0.1, -0.05) is 30.3 Å². The third-order valence-corrected chi connectivity index (χ3v) is 3.96. The number of amides is 1. The highest BCUT2D eigenvalue weighted by Gasteiger charge is 2.10. The van der Waals surface area contributed by atoms with Crippen molar-refractivity contribution in [1.82, 2.24) is 19.7 Å². The van der Waals surface area contributed by atoms with Gasteiger partial charge in [-0.2, -0.15) is 5.10 Å². The number of hydrogen-bond acceptors (Lipinski definition) is 4. The summed E-state index contributed by atoms with van der Waals surface area (Å²) in [6.07, 6.45) is 3.70. The summed E-state index contributed by atoms with van der Waals surface area (Å²) in [6, 6.07) is 9.88. The van der Waals surface area contributed by atoms with Gasteiger partial charge < -0.3 is 10.3 Å². The van der Waals surface area contributed by atoms with E-state index in [0.29, 0.717) is 23.5 Å². The van der Waals surface area contributed by atoms with Crippen LogP contribution < -0.4 is 16.6 Å². The zero-order chi connectivity index (χ0) is 18.5. The number of nitrogens with one attached hydrogen (secondary N) is 3. The molecule has 0 radical (unpaired) electrons. The lowest BCUT2D eigenvalue weighted by Crippen LogP contribution is -2.27. The van der Waals surface area contributed by atoms with E-state index in [1.54, 1.807) is 24.0 Å². The van der Waals surface area contributed by atoms with E-state index in [9.17, 15) is 14.4 Å². The van der Waals surface area contributed by atoms with Crippen molar-refractivity contribution in [3.63, 3.8) is 0 Å². The standard InChI is InChI=1S/C18H19N5O3/c1-12-15(17(25)22-18(26)20-12)7-8-16(24)21-14-9-19-23(11-14)10-13-5-3-2-4-6-13/h2-6,9,11H,7-8,10H2,1H3,(H,21,24)(H2,20,22,25,26). The van der Waals surface area contributed by atoms with Crippen LogP contribution in [0, 0.1) is 6.92 Å². The minimum Gasteiger partial charge on any atom is -0.323 e. The first-order valence-corrected chi connectivity index (χ1v) is 8.19. The van der Waals surface area contributed by atoms with Gasteiger partial charge in [-0.05, 0) is 18.9 Å². The Bertz CT molecular complexity index is 1020. The second-order valence-corrected chi connectivity index (χ2v) is 5.97. The predicted molar refractivity (Wildman–Crippen MR) is 97.1 cm³/mol. The minimum atomic E-state index is -0.550. The van der Waals surface area contributed by atoms with E-state index in [1.807, 2.05) is 30.3 Å². The van der Waals surface area contributed by atoms with Gasteiger partial charge in [-0.25, -0.2) is 4.79 Å². The predicted octanol–water partition coefficient (Wildman–Crippen LogP) is 1.19. The monoisotopic (exact) mass is 353 g/mol. The summed E-state index contributed by atoms with van der Waals surface area (Å²) in [5.41, 5.74) is 1.57. The first kappa shape index (κ1) is 17.4. The molecule has 0 aliphatic carbocycles. The van der Waals surface area contributed by atoms with Gasteiger partial charge in [0.2, 0.25) is 5.91 Å². The van der Waals surface area contributed by atoms with Gasteiger partial charge in [-0.15, -0.1) is 0 Å². The molecule has 134 valence electrons. The van der Waals surface area contributed by atoms with Gasteiger partial charge in [0.1, 0.15) is 0 Å². The third-order valence-electron chi connectivity index (χ3n) is 3.96. The van der Waals surface area contributed by atoms with Crippen LogP contribution in [0.15, 0.2) is 52.3 Å². The second-order valence-electron chi connectivity index (χ2n) is 5.97. The molecule has 1 amide bonds. The van der Waals surface area contributed by atoms with Crippen LogP contribution in [0.1, 0.15) is 23.2 Å². The maximum absolute atomic E-state index is 12.1. The fourth-order valence-electron chi connectivity index (χ4n) is 2.67. The number of anilines is 1. The average Bonchev–Trinajstić information content (AvgIpc) is 3.01. The zero-order valence-electron chi connectivity index (χ0n) is 14.3. The average molecular weight is 353 g/mol. The van der Waals surface area contributed by atoms with Crippen LogP contribution in [0.25, 0.3) is 0 Å². The summed E-state index contributed by atoms with van der Waals surface area (Å²) >= 11 is 0. The molecule has 26 heavy (non-hydrogen) atoms. The van der Waals surface area contributed by atoms with Gasteiger partial charge in [0.25, 0.3) is 5.56 Å². The Balaban J connectivity index is 1.57. The van der Waals surface area contributed by atoms with Crippen LogP contribution in [0.2, 0.25) is 0 Å². The number of carbonyl (C=O) groups excluding carboxylic acids is 1. The van der Waals surface area contributed by atoms with E-state index in [4.69, 9.17) is 0 Å². The Kier molecular flexibility index (Phi) is 5.12. The van der Waals surface area contributed by atoms with Crippen LogP contribution in [-0.4, -0.2) is 25.7 Å². The van der Waals surface area contributed by atoms with Crippen molar-refractivity contribution in [1.29, 1.82) is 0 Å². The lowest BCUT2D eigenvalue weighted by atomic mass is 10.1. The van der Waals surface area contributed by atoms with E-state index in [0.717, 1.165) is 5.56 Å². The van der Waals surface area contributed by atoms with Crippen LogP contribution >= 0.6 is 0 Å². The quantitative estimate of drug-likeness (QED) is 0.618. The van der Waals surface area contributed by atoms with Gasteiger partial charge in [-0.3, -0.25) is 19.3 Å². The number of nitrogens with zero attached hydrogens (tertiary/aromatic N) is 2. The summed E-state index contributed by atoms with van der Waals surface area (Å²) in [4.78, 5) is 39.8. The first-order valence-electron chi connectivity index (χ1n) is 8.19. The number of carbonyl (C=O) groups is 1. The maximum Gasteiger partial charge on any atom is 0.325 e. The number of hydrogen-bond donors (Lipinski definition) is 3. The third kappa shape index (κ3) is 4.35. The van der Waals surface area contributed by atoms with Crippen LogP contribution in [0.3, 0.4) is 0 Å². The van der Waals surface area contributed by atoms with E-state index < -0.39 is 11.2 Å². The molecule has 3 N–H and O–H groups in total. The molecule has 3 aromatic rings. The van der Waals surface area contributed by atoms with Crippen molar-refractivity contribution in [2.75, 3.05) is 5.32 Å². The second kappa shape index (κ2) is 7.64. The molecule has 8 nitrogen and oxygen atoms in total. The minimum absolute atomic E-state index is 0.125. The lowest BCUT2D eigenvalue weighted by molar-refractivity contribution is -0.116. The van der Waals surface area contributed by atoms with Crippen LogP contribution in [0.4, 0.5) is 5.69 Å². The number of aromatic amines is 2. The smallest absolute Gasteiger partial charge is 0.323 e. The molecule has 0 atom stereocenters. The molecule has 0 saturated carbocycles. The SMILES string of the molecule is Cc1[nH]c(=O)[nH]c(=O)c1CCC(=O)Nc1cnn(Cc2ccccc2)c1. The number of aryl methyl sites for hydroxylation is 1. The molecule has 0 spiro atoms. The van der Waals surface area contributed by atoms with Gasteiger partial charge in [0, 0.05) is 23.9 Å². The van der Waals surface area contributed by atoms with Crippen molar-refractivity contribution in [2.45, 2.75) is 26.3 Å². The summed E-state index contributed by atoms with van der Waals surface area (Å²) in [6.45, 7) is 2.25. The van der Waals surface area contributed by atoms with Crippen molar-refractivity contribution in [3.8, 4) is 0 Å². The molecule has 0 aliphatic heterocycles. The normalized spacial score (nSPS) is 10.7. The van der Waals surface area contributed by atoms with Crippen molar-refractivity contribution < 1.29 is 4.79 Å².